The third kappa shape index (κ3) is 5.67. The number of sulfonamides is 1. The zero-order valence-electron chi connectivity index (χ0n) is 16.6. The number of nitrogens with zero attached hydrogens (tertiary/aromatic N) is 2. The Morgan fingerprint density at radius 1 is 1.16 bits per heavy atom. The fourth-order valence-electron chi connectivity index (χ4n) is 2.91. The molecule has 0 bridgehead atoms. The molecule has 0 saturated carbocycles. The molecule has 0 radical (unpaired) electrons. The van der Waals surface area contributed by atoms with Crippen molar-refractivity contribution < 1.29 is 26.4 Å². The minimum Gasteiger partial charge on any atom is -0.322 e. The molecule has 1 aromatic heterocycles. The van der Waals surface area contributed by atoms with E-state index in [0.717, 1.165) is 12.1 Å². The largest absolute Gasteiger partial charge is 0.402 e. The zero-order valence-corrected chi connectivity index (χ0v) is 18.2. The molecule has 170 valence electrons. The van der Waals surface area contributed by atoms with Crippen molar-refractivity contribution in [3.63, 3.8) is 0 Å². The highest BCUT2D eigenvalue weighted by molar-refractivity contribution is 7.89. The molecule has 0 unspecified atom stereocenters. The van der Waals surface area contributed by atoms with E-state index in [2.05, 4.69) is 10.4 Å². The average molecular weight is 487 g/mol. The first-order valence-corrected chi connectivity index (χ1v) is 11.2. The Hall–Kier alpha value is -2.89. The summed E-state index contributed by atoms with van der Waals surface area (Å²) in [5.41, 5.74) is 1.91. The van der Waals surface area contributed by atoms with E-state index in [0.29, 0.717) is 28.4 Å². The molecule has 3 rings (SSSR count). The van der Waals surface area contributed by atoms with Gasteiger partial charge < -0.3 is 5.32 Å². The van der Waals surface area contributed by atoms with Gasteiger partial charge in [0.05, 0.1) is 28.0 Å². The maximum atomic E-state index is 12.8. The van der Waals surface area contributed by atoms with E-state index >= 15 is 0 Å². The predicted octanol–water partition coefficient (Wildman–Crippen LogP) is 4.18. The van der Waals surface area contributed by atoms with Gasteiger partial charge in [0.1, 0.15) is 6.54 Å². The lowest BCUT2D eigenvalue weighted by Crippen LogP contribution is -2.33. The Bertz CT molecular complexity index is 1230. The standard InChI is InChI=1S/C20H18ClF3N4O3S/c1-2-18-17(11-25-28(18)15-5-3-4-13(21)10-15)19(29)27-14-6-8-16(9-7-14)32(30,31)26-12-20(22,23)24/h3-11,26H,2,12H2,1H3,(H,27,29). The number of hydrogen-bond acceptors (Lipinski definition) is 4. The number of halogens is 4. The lowest BCUT2D eigenvalue weighted by molar-refractivity contribution is -0.121. The molecule has 3 aromatic rings. The van der Waals surface area contributed by atoms with Gasteiger partial charge in [0, 0.05) is 10.7 Å². The van der Waals surface area contributed by atoms with Crippen LogP contribution in [0.3, 0.4) is 0 Å². The Morgan fingerprint density at radius 2 is 1.84 bits per heavy atom. The minimum atomic E-state index is -4.67. The summed E-state index contributed by atoms with van der Waals surface area (Å²) in [6.45, 7) is 0.187. The summed E-state index contributed by atoms with van der Waals surface area (Å²) in [7, 11) is -4.34. The molecular formula is C20H18ClF3N4O3S. The smallest absolute Gasteiger partial charge is 0.322 e. The third-order valence-electron chi connectivity index (χ3n) is 4.39. The molecule has 0 spiro atoms. The molecule has 0 saturated heterocycles. The maximum absolute atomic E-state index is 12.8. The van der Waals surface area contributed by atoms with Crippen molar-refractivity contribution in [2.45, 2.75) is 24.4 Å². The lowest BCUT2D eigenvalue weighted by atomic mass is 10.2. The number of carbonyl (C=O) groups excluding carboxylic acids is 1. The maximum Gasteiger partial charge on any atom is 0.402 e. The summed E-state index contributed by atoms with van der Waals surface area (Å²) < 4.78 is 63.8. The van der Waals surface area contributed by atoms with Crippen LogP contribution in [-0.2, 0) is 16.4 Å². The summed E-state index contributed by atoms with van der Waals surface area (Å²) >= 11 is 6.03. The molecule has 0 aliphatic carbocycles. The molecule has 0 aliphatic rings. The van der Waals surface area contributed by atoms with Gasteiger partial charge in [0.25, 0.3) is 5.91 Å². The van der Waals surface area contributed by atoms with Crippen molar-refractivity contribution in [1.82, 2.24) is 14.5 Å². The molecule has 0 fully saturated rings. The molecule has 7 nitrogen and oxygen atoms in total. The second-order valence-electron chi connectivity index (χ2n) is 6.67. The highest BCUT2D eigenvalue weighted by Gasteiger charge is 2.30. The topological polar surface area (TPSA) is 93.1 Å². The van der Waals surface area contributed by atoms with Gasteiger partial charge in [-0.25, -0.2) is 17.8 Å². The van der Waals surface area contributed by atoms with Crippen LogP contribution in [-0.4, -0.2) is 36.8 Å². The van der Waals surface area contributed by atoms with Gasteiger partial charge in [0.15, 0.2) is 0 Å². The lowest BCUT2D eigenvalue weighted by Gasteiger charge is -2.11. The average Bonchev–Trinajstić information content (AvgIpc) is 3.17. The monoisotopic (exact) mass is 486 g/mol. The second-order valence-corrected chi connectivity index (χ2v) is 8.87. The summed E-state index contributed by atoms with van der Waals surface area (Å²) in [6.07, 6.45) is -2.76. The van der Waals surface area contributed by atoms with Crippen LogP contribution in [0.4, 0.5) is 18.9 Å². The van der Waals surface area contributed by atoms with Crippen LogP contribution in [0.2, 0.25) is 5.02 Å². The number of carbonyl (C=O) groups is 1. The van der Waals surface area contributed by atoms with E-state index in [1.165, 1.54) is 23.1 Å². The summed E-state index contributed by atoms with van der Waals surface area (Å²) in [6, 6.07) is 11.8. The van der Waals surface area contributed by atoms with Gasteiger partial charge in [-0.15, -0.1) is 0 Å². The minimum absolute atomic E-state index is 0.266. The van der Waals surface area contributed by atoms with E-state index in [9.17, 15) is 26.4 Å². The van der Waals surface area contributed by atoms with Gasteiger partial charge >= 0.3 is 6.18 Å². The van der Waals surface area contributed by atoms with Crippen LogP contribution in [0.1, 0.15) is 23.0 Å². The van der Waals surface area contributed by atoms with Crippen molar-refractivity contribution in [3.8, 4) is 5.69 Å². The van der Waals surface area contributed by atoms with Crippen molar-refractivity contribution in [1.29, 1.82) is 0 Å². The van der Waals surface area contributed by atoms with Gasteiger partial charge in [-0.1, -0.05) is 24.6 Å². The Labute approximate surface area is 187 Å². The van der Waals surface area contributed by atoms with Crippen LogP contribution in [0.25, 0.3) is 5.69 Å². The molecule has 0 aliphatic heterocycles. The Balaban J connectivity index is 1.77. The normalized spacial score (nSPS) is 12.0. The number of rotatable bonds is 7. The first-order valence-electron chi connectivity index (χ1n) is 9.31. The molecule has 32 heavy (non-hydrogen) atoms. The molecule has 12 heteroatoms. The second kappa shape index (κ2) is 9.31. The summed E-state index contributed by atoms with van der Waals surface area (Å²) in [5.74, 6) is -0.471. The van der Waals surface area contributed by atoms with Gasteiger partial charge in [-0.2, -0.15) is 18.3 Å². The molecule has 2 aromatic carbocycles. The summed E-state index contributed by atoms with van der Waals surface area (Å²) in [4.78, 5) is 12.4. The Kier molecular flexibility index (Phi) is 6.91. The Morgan fingerprint density at radius 3 is 2.44 bits per heavy atom. The van der Waals surface area contributed by atoms with E-state index in [1.807, 2.05) is 6.92 Å². The predicted molar refractivity (Wildman–Crippen MR) is 114 cm³/mol. The number of nitrogens with one attached hydrogen (secondary N) is 2. The van der Waals surface area contributed by atoms with E-state index in [1.54, 1.807) is 28.9 Å². The highest BCUT2D eigenvalue weighted by atomic mass is 35.5. The van der Waals surface area contributed by atoms with E-state index < -0.39 is 28.7 Å². The number of amides is 1. The van der Waals surface area contributed by atoms with E-state index in [-0.39, 0.29) is 10.6 Å². The quantitative estimate of drug-likeness (QED) is 0.524. The van der Waals surface area contributed by atoms with Crippen LogP contribution in [0.15, 0.2) is 59.6 Å². The van der Waals surface area contributed by atoms with Crippen LogP contribution < -0.4 is 10.0 Å². The van der Waals surface area contributed by atoms with Gasteiger partial charge in [0.2, 0.25) is 10.0 Å². The molecule has 1 amide bonds. The third-order valence-corrected chi connectivity index (χ3v) is 6.04. The van der Waals surface area contributed by atoms with Crippen LogP contribution >= 0.6 is 11.6 Å². The van der Waals surface area contributed by atoms with Crippen molar-refractivity contribution in [2.75, 3.05) is 11.9 Å². The molecule has 1 heterocycles. The SMILES string of the molecule is CCc1c(C(=O)Nc2ccc(S(=O)(=O)NCC(F)(F)F)cc2)cnn1-c1cccc(Cl)c1. The van der Waals surface area contributed by atoms with Crippen molar-refractivity contribution in [2.24, 2.45) is 0 Å². The first-order chi connectivity index (χ1) is 15.0. The molecule has 0 atom stereocenters. The number of alkyl halides is 3. The van der Waals surface area contributed by atoms with Crippen LogP contribution in [0, 0.1) is 0 Å². The fraction of sp³-hybridized carbons (Fsp3) is 0.200. The fourth-order valence-corrected chi connectivity index (χ4v) is 4.11. The van der Waals surface area contributed by atoms with Crippen LogP contribution in [0.5, 0.6) is 0 Å². The van der Waals surface area contributed by atoms with Gasteiger partial charge in [-0.3, -0.25) is 4.79 Å². The van der Waals surface area contributed by atoms with Crippen molar-refractivity contribution >= 4 is 33.2 Å². The number of aromatic nitrogens is 2. The first kappa shape index (κ1) is 23.8. The highest BCUT2D eigenvalue weighted by Crippen LogP contribution is 2.21. The zero-order chi connectivity index (χ0) is 23.5. The van der Waals surface area contributed by atoms with Crippen molar-refractivity contribution in [3.05, 3.63) is 71.0 Å². The number of anilines is 1. The molecule has 2 N–H and O–H groups in total. The number of hydrogen-bond donors (Lipinski definition) is 2. The number of benzene rings is 2. The van der Waals surface area contributed by atoms with E-state index in [4.69, 9.17) is 11.6 Å². The van der Waals surface area contributed by atoms with Gasteiger partial charge in [-0.05, 0) is 48.9 Å². The summed E-state index contributed by atoms with van der Waals surface area (Å²) in [5, 5.41) is 7.42. The molecular weight excluding hydrogens is 469 g/mol.